The van der Waals surface area contributed by atoms with Gasteiger partial charge in [-0.2, -0.15) is 0 Å². The highest BCUT2D eigenvalue weighted by Crippen LogP contribution is 2.24. The average molecular weight is 344 g/mol. The van der Waals surface area contributed by atoms with Crippen LogP contribution in [0.3, 0.4) is 0 Å². The van der Waals surface area contributed by atoms with Crippen LogP contribution in [0.5, 0.6) is 0 Å². The van der Waals surface area contributed by atoms with E-state index in [1.165, 1.54) is 11.1 Å². The molecule has 0 spiro atoms. The third kappa shape index (κ3) is 4.70. The van der Waals surface area contributed by atoms with Crippen LogP contribution in [0.2, 0.25) is 0 Å². The van der Waals surface area contributed by atoms with Gasteiger partial charge in [0.2, 0.25) is 5.91 Å². The van der Waals surface area contributed by atoms with Crippen molar-refractivity contribution in [3.63, 3.8) is 0 Å². The van der Waals surface area contributed by atoms with Crippen molar-refractivity contribution >= 4 is 12.4 Å². The van der Waals surface area contributed by atoms with Crippen molar-refractivity contribution in [2.45, 2.75) is 32.5 Å². The van der Waals surface area contributed by atoms with Crippen LogP contribution in [0.15, 0.2) is 47.3 Å². The zero-order valence-electron chi connectivity index (χ0n) is 14.6. The Morgan fingerprint density at radius 2 is 2.04 bits per heavy atom. The summed E-state index contributed by atoms with van der Waals surface area (Å²) in [6.07, 6.45) is 4.12. The van der Waals surface area contributed by atoms with E-state index in [9.17, 15) is 4.79 Å². The molecule has 1 amide bonds. The number of carbonyl (C=O) groups excluding carboxylic acids is 1. The zero-order chi connectivity index (χ0) is 18.2. The molecule has 1 aromatic heterocycles. The van der Waals surface area contributed by atoms with Crippen molar-refractivity contribution < 1.29 is 19.1 Å². The summed E-state index contributed by atoms with van der Waals surface area (Å²) in [5.41, 5.74) is 3.66. The summed E-state index contributed by atoms with van der Waals surface area (Å²) in [5.74, 6) is 0.178. The van der Waals surface area contributed by atoms with Gasteiger partial charge in [0.15, 0.2) is 0 Å². The molecule has 6 nitrogen and oxygen atoms in total. The van der Waals surface area contributed by atoms with E-state index in [4.69, 9.17) is 14.3 Å². The minimum atomic E-state index is -0.250. The van der Waals surface area contributed by atoms with Gasteiger partial charge in [0, 0.05) is 25.7 Å². The number of furan rings is 1. The fourth-order valence-corrected chi connectivity index (χ4v) is 3.14. The molecule has 1 aliphatic heterocycles. The lowest BCUT2D eigenvalue weighted by molar-refractivity contribution is -0.136. The summed E-state index contributed by atoms with van der Waals surface area (Å²) < 4.78 is 5.08. The maximum atomic E-state index is 12.9. The third-order valence-electron chi connectivity index (χ3n) is 4.41. The molecule has 3 rings (SSSR count). The molecule has 1 aromatic carbocycles. The Morgan fingerprint density at radius 1 is 1.36 bits per heavy atom. The van der Waals surface area contributed by atoms with Gasteiger partial charge in [-0.25, -0.2) is 0 Å². The number of benzene rings is 1. The highest BCUT2D eigenvalue weighted by Gasteiger charge is 2.32. The first-order chi connectivity index (χ1) is 12.1. The quantitative estimate of drug-likeness (QED) is 0.862. The molecular weight excluding hydrogens is 320 g/mol. The lowest BCUT2D eigenvalue weighted by atomic mass is 9.93. The maximum absolute atomic E-state index is 12.9. The van der Waals surface area contributed by atoms with Crippen molar-refractivity contribution in [3.05, 3.63) is 59.5 Å². The SMILES string of the molecule is CCN1Cc2ccccc2CC1C(=O)N(C)Cc1ccoc1.O=CO. The van der Waals surface area contributed by atoms with E-state index in [-0.39, 0.29) is 18.4 Å². The molecular formula is C19H24N2O4. The molecule has 1 atom stereocenters. The van der Waals surface area contributed by atoms with Gasteiger partial charge in [-0.3, -0.25) is 14.5 Å². The molecule has 0 saturated carbocycles. The van der Waals surface area contributed by atoms with Crippen molar-refractivity contribution in [3.8, 4) is 0 Å². The topological polar surface area (TPSA) is 74.0 Å². The zero-order valence-corrected chi connectivity index (χ0v) is 14.6. The fourth-order valence-electron chi connectivity index (χ4n) is 3.14. The van der Waals surface area contributed by atoms with E-state index in [0.717, 1.165) is 25.1 Å². The second-order valence-corrected chi connectivity index (χ2v) is 5.98. The fraction of sp³-hybridized carbons (Fsp3) is 0.368. The second-order valence-electron chi connectivity index (χ2n) is 5.98. The maximum Gasteiger partial charge on any atom is 0.290 e. The van der Waals surface area contributed by atoms with Crippen LogP contribution >= 0.6 is 0 Å². The third-order valence-corrected chi connectivity index (χ3v) is 4.41. The summed E-state index contributed by atoms with van der Waals surface area (Å²) in [6.45, 7) is 4.18. The van der Waals surface area contributed by atoms with Gasteiger partial charge >= 0.3 is 0 Å². The second kappa shape index (κ2) is 9.03. The molecule has 0 radical (unpaired) electrons. The lowest BCUT2D eigenvalue weighted by Crippen LogP contribution is -2.50. The van der Waals surface area contributed by atoms with E-state index < -0.39 is 0 Å². The van der Waals surface area contributed by atoms with Crippen LogP contribution in [-0.2, 0) is 29.1 Å². The number of carbonyl (C=O) groups is 2. The molecule has 0 fully saturated rings. The molecule has 1 unspecified atom stereocenters. The largest absolute Gasteiger partial charge is 0.483 e. The first kappa shape index (κ1) is 18.7. The van der Waals surface area contributed by atoms with Crippen molar-refractivity contribution in [2.24, 2.45) is 0 Å². The average Bonchev–Trinajstić information content (AvgIpc) is 3.13. The van der Waals surface area contributed by atoms with E-state index in [0.29, 0.717) is 6.54 Å². The Bertz CT molecular complexity index is 684. The molecule has 2 aromatic rings. The van der Waals surface area contributed by atoms with Gasteiger partial charge in [-0.15, -0.1) is 0 Å². The van der Waals surface area contributed by atoms with Crippen LogP contribution in [0.25, 0.3) is 0 Å². The summed E-state index contributed by atoms with van der Waals surface area (Å²) in [7, 11) is 1.86. The highest BCUT2D eigenvalue weighted by molar-refractivity contribution is 5.82. The van der Waals surface area contributed by atoms with Crippen LogP contribution in [-0.4, -0.2) is 46.9 Å². The first-order valence-corrected chi connectivity index (χ1v) is 8.25. The molecule has 25 heavy (non-hydrogen) atoms. The molecule has 1 aliphatic rings. The number of nitrogens with zero attached hydrogens (tertiary/aromatic N) is 2. The number of rotatable bonds is 4. The van der Waals surface area contributed by atoms with Crippen LogP contribution in [0, 0.1) is 0 Å². The van der Waals surface area contributed by atoms with E-state index in [2.05, 4.69) is 36.1 Å². The number of fused-ring (bicyclic) bond motifs is 1. The molecule has 0 aliphatic carbocycles. The monoisotopic (exact) mass is 344 g/mol. The molecule has 1 N–H and O–H groups in total. The van der Waals surface area contributed by atoms with E-state index >= 15 is 0 Å². The minimum absolute atomic E-state index is 0.0724. The molecule has 2 heterocycles. The smallest absolute Gasteiger partial charge is 0.290 e. The Hall–Kier alpha value is -2.60. The normalized spacial score (nSPS) is 16.3. The predicted octanol–water partition coefficient (Wildman–Crippen LogP) is 2.39. The van der Waals surface area contributed by atoms with Crippen molar-refractivity contribution in [1.29, 1.82) is 0 Å². The Kier molecular flexibility index (Phi) is 6.77. The summed E-state index contributed by atoms with van der Waals surface area (Å²) in [4.78, 5) is 25.3. The molecule has 134 valence electrons. The number of hydrogen-bond acceptors (Lipinski definition) is 4. The van der Waals surface area contributed by atoms with Gasteiger partial charge in [0.25, 0.3) is 6.47 Å². The van der Waals surface area contributed by atoms with Crippen LogP contribution in [0.1, 0.15) is 23.6 Å². The molecule has 0 saturated heterocycles. The number of hydrogen-bond donors (Lipinski definition) is 1. The van der Waals surface area contributed by atoms with Crippen molar-refractivity contribution in [2.75, 3.05) is 13.6 Å². The van der Waals surface area contributed by atoms with Gasteiger partial charge in [-0.05, 0) is 30.2 Å². The van der Waals surface area contributed by atoms with Gasteiger partial charge in [0.05, 0.1) is 18.6 Å². The van der Waals surface area contributed by atoms with Crippen LogP contribution in [0.4, 0.5) is 0 Å². The Balaban J connectivity index is 0.000000701. The number of likely N-dealkylation sites (N-methyl/N-ethyl adjacent to an activating group) is 2. The number of amides is 1. The minimum Gasteiger partial charge on any atom is -0.483 e. The Morgan fingerprint density at radius 3 is 2.64 bits per heavy atom. The summed E-state index contributed by atoms with van der Waals surface area (Å²) >= 11 is 0. The van der Waals surface area contributed by atoms with Gasteiger partial charge in [-0.1, -0.05) is 31.2 Å². The highest BCUT2D eigenvalue weighted by atomic mass is 16.3. The molecule has 6 heteroatoms. The van der Waals surface area contributed by atoms with E-state index in [1.54, 1.807) is 17.4 Å². The Labute approximate surface area is 147 Å². The van der Waals surface area contributed by atoms with Gasteiger partial charge < -0.3 is 14.4 Å². The first-order valence-electron chi connectivity index (χ1n) is 8.25. The van der Waals surface area contributed by atoms with E-state index in [1.807, 2.05) is 13.1 Å². The summed E-state index contributed by atoms with van der Waals surface area (Å²) in [5, 5.41) is 6.89. The predicted molar refractivity (Wildman–Crippen MR) is 93.9 cm³/mol. The standard InChI is InChI=1S/C18H22N2O2.CH2O2/c1-3-20-12-16-7-5-4-6-15(16)10-17(20)18(21)19(2)11-14-8-9-22-13-14;2-1-3/h4-9,13,17H,3,10-12H2,1-2H3;1H,(H,2,3). The van der Waals surface area contributed by atoms with Gasteiger partial charge in [0.1, 0.15) is 0 Å². The lowest BCUT2D eigenvalue weighted by Gasteiger charge is -2.37. The molecule has 0 bridgehead atoms. The summed E-state index contributed by atoms with van der Waals surface area (Å²) in [6, 6.07) is 10.2. The number of carboxylic acid groups (broad SMARTS) is 1. The van der Waals surface area contributed by atoms with Crippen LogP contribution < -0.4 is 0 Å². The van der Waals surface area contributed by atoms with Crippen molar-refractivity contribution in [1.82, 2.24) is 9.80 Å².